The molecule has 109 heavy (non-hydrogen) atoms. The van der Waals surface area contributed by atoms with Gasteiger partial charge in [0, 0.05) is 6.42 Å². The number of ketones is 1. The Morgan fingerprint density at radius 2 is 0.624 bits per heavy atom. The molecule has 0 aromatic heterocycles. The number of benzene rings is 2. The van der Waals surface area contributed by atoms with Gasteiger partial charge in [0.15, 0.2) is 0 Å². The van der Waals surface area contributed by atoms with Gasteiger partial charge >= 0.3 is 16.5 Å². The average molecular weight is 1550 g/mol. The molecule has 0 N–H and O–H groups in total. The Kier molecular flexibility index (Phi) is 93.5. The summed E-state index contributed by atoms with van der Waals surface area (Å²) in [4.78, 5) is 15.3. The first-order chi connectivity index (χ1) is 53.4. The Balaban J connectivity index is 0. The van der Waals surface area contributed by atoms with Gasteiger partial charge in [-0.3, -0.25) is 0 Å². The first-order valence-corrected chi connectivity index (χ1v) is 49.0. The molecule has 634 valence electrons. The molecule has 4 heteroatoms. The van der Waals surface area contributed by atoms with Crippen LogP contribution >= 0.6 is 0 Å². The van der Waals surface area contributed by atoms with Crippen molar-refractivity contribution < 1.29 is 26.1 Å². The first kappa shape index (κ1) is 108. The van der Waals surface area contributed by atoms with Gasteiger partial charge in [0.05, 0.1) is 6.08 Å². The second kappa shape index (κ2) is 94.1. The normalized spacial score (nSPS) is 11.4. The molecule has 2 aromatic carbocycles. The summed E-state index contributed by atoms with van der Waals surface area (Å²) in [6.45, 7) is 18.7. The van der Waals surface area contributed by atoms with Crippen molar-refractivity contribution >= 4 is 17.2 Å². The SMILES string of the molecule is CCCCCCCCCCCCCCCCCCCCCCCC=CC(C=C=[N+]=[N-])=C(c1cccc(CCCCCCCC)c1)c1ccccc1CCC(C)=O.[CH2-]CCCCCCCCCCCCCCCCCCCCCCCCC.[CH2-]CCCCCCCCCCCCCCCCCCCCCCCCC.[Ni+2]. The van der Waals surface area contributed by atoms with Crippen LogP contribution in [0.4, 0.5) is 0 Å². The summed E-state index contributed by atoms with van der Waals surface area (Å²) < 4.78 is 0. The summed E-state index contributed by atoms with van der Waals surface area (Å²) in [5.74, 6) is 2.92. The van der Waals surface area contributed by atoms with Gasteiger partial charge in [-0.05, 0) is 72.4 Å². The molecule has 0 saturated heterocycles. The Bertz CT molecular complexity index is 2170. The zero-order chi connectivity index (χ0) is 78.1. The monoisotopic (exact) mass is 1550 g/mol. The maximum atomic E-state index is 12.0. The molecule has 0 atom stereocenters. The van der Waals surface area contributed by atoms with E-state index >= 15 is 0 Å². The van der Waals surface area contributed by atoms with Crippen LogP contribution in [0.25, 0.3) is 11.1 Å². The van der Waals surface area contributed by atoms with Crippen LogP contribution in [0.3, 0.4) is 0 Å². The Morgan fingerprint density at radius 1 is 0.349 bits per heavy atom. The van der Waals surface area contributed by atoms with Crippen LogP contribution in [0, 0.1) is 13.8 Å². The number of carbonyl (C=O) groups is 1. The summed E-state index contributed by atoms with van der Waals surface area (Å²) in [6, 6.07) is 17.4. The number of nitrogens with zero attached hydrogens (tertiary/aromatic N) is 2. The van der Waals surface area contributed by atoms with Gasteiger partial charge in [0.1, 0.15) is 5.78 Å². The molecule has 0 bridgehead atoms. The van der Waals surface area contributed by atoms with E-state index in [1.807, 2.05) is 0 Å². The van der Waals surface area contributed by atoms with Gasteiger partial charge in [0.2, 0.25) is 0 Å². The molecule has 0 radical (unpaired) electrons. The summed E-state index contributed by atoms with van der Waals surface area (Å²) in [6.07, 6.45) is 116. The second-order valence-corrected chi connectivity index (χ2v) is 33.8. The summed E-state index contributed by atoms with van der Waals surface area (Å²) in [5, 5.41) is 0. The van der Waals surface area contributed by atoms with E-state index in [0.29, 0.717) is 12.8 Å². The quantitative estimate of drug-likeness (QED) is 0.0124. The van der Waals surface area contributed by atoms with E-state index in [2.05, 4.69) is 113 Å². The number of unbranched alkanes of at least 4 members (excludes halogenated alkanes) is 72. The van der Waals surface area contributed by atoms with E-state index in [4.69, 9.17) is 0 Å². The minimum atomic E-state index is 0. The van der Waals surface area contributed by atoms with E-state index in [0.717, 1.165) is 53.5 Å². The van der Waals surface area contributed by atoms with Crippen molar-refractivity contribution in [1.29, 1.82) is 0 Å². The van der Waals surface area contributed by atoms with Crippen LogP contribution in [-0.4, -0.2) is 16.4 Å². The van der Waals surface area contributed by atoms with E-state index in [-0.39, 0.29) is 22.3 Å². The van der Waals surface area contributed by atoms with Crippen molar-refractivity contribution in [1.82, 2.24) is 0 Å². The molecule has 0 spiro atoms. The molecule has 2 aromatic rings. The van der Waals surface area contributed by atoms with Gasteiger partial charge < -0.3 is 24.2 Å². The topological polar surface area (TPSA) is 53.5 Å². The molecule has 0 fully saturated rings. The molecular formula is C105H188N2NiO. The van der Waals surface area contributed by atoms with Crippen LogP contribution in [0.1, 0.15) is 551 Å². The number of hydrogen-bond donors (Lipinski definition) is 0. The van der Waals surface area contributed by atoms with Gasteiger partial charge in [-0.1, -0.05) is 544 Å². The number of carbonyl (C=O) groups excluding carboxylic acids is 1. The number of aryl methyl sites for hydroxylation is 2. The standard InChI is InChI=1S/C53H82N2O.2C26H53.Ni/c1-4-6-8-10-12-13-14-15-16-17-18-19-20-21-22-23-24-25-26-27-28-30-32-39-50(44-45-55-54)53(52-41-34-33-38-49(52)43-42-47(3)56)51-40-35-37-48(46-51)36-31-29-11-9-7-5-2;2*1-3-5-7-9-11-13-15-17-19-21-23-25-26-24-22-20-18-16-14-12-10-8-6-4-2;/h32-35,37-41,44,46H,4-31,36,42-43H2,1-3H3;2*1,3-26H2,2H3;/q;2*-1;+2. The zero-order valence-electron chi connectivity index (χ0n) is 74.2. The molecular weight excluding hydrogens is 1360 g/mol. The predicted molar refractivity (Wildman–Crippen MR) is 488 cm³/mol. The number of allylic oxidation sites excluding steroid dienone is 4. The fourth-order valence-electron chi connectivity index (χ4n) is 15.9. The van der Waals surface area contributed by atoms with E-state index in [9.17, 15) is 10.3 Å². The number of rotatable bonds is 82. The predicted octanol–water partition coefficient (Wildman–Crippen LogP) is 36.9. The third kappa shape index (κ3) is 80.2. The van der Waals surface area contributed by atoms with E-state index in [1.165, 1.54) is 474 Å². The van der Waals surface area contributed by atoms with Crippen molar-refractivity contribution in [3.05, 3.63) is 114 Å². The van der Waals surface area contributed by atoms with Crippen LogP contribution in [-0.2, 0) is 34.1 Å². The van der Waals surface area contributed by atoms with Crippen LogP contribution in [0.5, 0.6) is 0 Å². The third-order valence-electron chi connectivity index (χ3n) is 23.1. The Hall–Kier alpha value is -2.76. The number of Topliss-reactive ketones (excluding diaryl/α,β-unsaturated/α-hetero) is 1. The zero-order valence-corrected chi connectivity index (χ0v) is 75.2. The maximum Gasteiger partial charge on any atom is 2.00 e. The molecule has 0 amide bonds. The smallest absolute Gasteiger partial charge is 0.348 e. The molecule has 2 rings (SSSR count). The Morgan fingerprint density at radius 3 is 0.908 bits per heavy atom. The van der Waals surface area contributed by atoms with Crippen molar-refractivity contribution in [2.45, 2.75) is 542 Å². The van der Waals surface area contributed by atoms with Gasteiger partial charge in [-0.15, -0.1) is 4.79 Å². The van der Waals surface area contributed by atoms with Crippen molar-refractivity contribution in [3.8, 4) is 0 Å². The minimum Gasteiger partial charge on any atom is -0.348 e. The van der Waals surface area contributed by atoms with Gasteiger partial charge in [-0.2, -0.15) is 12.8 Å². The third-order valence-corrected chi connectivity index (χ3v) is 23.1. The molecule has 0 aliphatic rings. The van der Waals surface area contributed by atoms with Crippen molar-refractivity contribution in [3.63, 3.8) is 0 Å². The Labute approximate surface area is 694 Å². The summed E-state index contributed by atoms with van der Waals surface area (Å²) >= 11 is 0. The largest absolute Gasteiger partial charge is 2.00 e. The van der Waals surface area contributed by atoms with Crippen LogP contribution in [0.2, 0.25) is 0 Å². The molecule has 0 saturated carbocycles. The van der Waals surface area contributed by atoms with E-state index in [1.54, 1.807) is 13.0 Å². The molecule has 0 aliphatic heterocycles. The van der Waals surface area contributed by atoms with E-state index < -0.39 is 0 Å². The van der Waals surface area contributed by atoms with Crippen LogP contribution < -0.4 is 0 Å². The fourth-order valence-corrected chi connectivity index (χ4v) is 15.9. The molecule has 0 unspecified atom stereocenters. The van der Waals surface area contributed by atoms with Crippen LogP contribution in [0.15, 0.2) is 72.3 Å². The summed E-state index contributed by atoms with van der Waals surface area (Å²) in [5.41, 5.74) is 16.2. The van der Waals surface area contributed by atoms with Crippen molar-refractivity contribution in [2.75, 3.05) is 0 Å². The minimum absolute atomic E-state index is 0. The fraction of sp³-hybridized carbons (Fsp3) is 0.800. The number of hydrogen-bond acceptors (Lipinski definition) is 1. The summed E-state index contributed by atoms with van der Waals surface area (Å²) in [7, 11) is 0. The average Bonchev–Trinajstić information content (AvgIpc) is 0.802. The molecule has 3 nitrogen and oxygen atoms in total. The van der Waals surface area contributed by atoms with Crippen molar-refractivity contribution in [2.24, 2.45) is 0 Å². The maximum absolute atomic E-state index is 12.0. The van der Waals surface area contributed by atoms with Gasteiger partial charge in [-0.25, -0.2) is 0 Å². The van der Waals surface area contributed by atoms with Gasteiger partial charge in [0.25, 0.3) is 5.87 Å². The second-order valence-electron chi connectivity index (χ2n) is 33.8. The molecule has 0 aliphatic carbocycles. The first-order valence-electron chi connectivity index (χ1n) is 49.0. The molecule has 0 heterocycles.